The van der Waals surface area contributed by atoms with Gasteiger partial charge in [-0.15, -0.1) is 0 Å². The van der Waals surface area contributed by atoms with E-state index in [1.54, 1.807) is 14.2 Å². The van der Waals surface area contributed by atoms with E-state index in [4.69, 9.17) is 14.2 Å². The molecule has 0 atom stereocenters. The number of hydrogen-bond donors (Lipinski definition) is 1. The fraction of sp³-hybridized carbons (Fsp3) is 0.192. The number of benzene rings is 3. The van der Waals surface area contributed by atoms with Crippen molar-refractivity contribution in [1.82, 2.24) is 5.32 Å². The molecule has 1 N–H and O–H groups in total. The van der Waals surface area contributed by atoms with E-state index in [1.807, 2.05) is 54.6 Å². The minimum Gasteiger partial charge on any atom is -0.493 e. The molecule has 0 bridgehead atoms. The van der Waals surface area contributed by atoms with Gasteiger partial charge in [0.25, 0.3) is 0 Å². The first kappa shape index (κ1) is 20.5. The van der Waals surface area contributed by atoms with Crippen LogP contribution in [-0.4, -0.2) is 33.5 Å². The number of methoxy groups -OCH3 is 2. The summed E-state index contributed by atoms with van der Waals surface area (Å²) in [5.41, 5.74) is 5.77. The van der Waals surface area contributed by atoms with Gasteiger partial charge in [0, 0.05) is 12.5 Å². The summed E-state index contributed by atoms with van der Waals surface area (Å²) in [5, 5.41) is 2.77. The van der Waals surface area contributed by atoms with Crippen LogP contribution in [0.3, 0.4) is 0 Å². The number of hydrogen-bond acceptors (Lipinski definition) is 4. The summed E-state index contributed by atoms with van der Waals surface area (Å²) < 4.78 is 16.1. The second-order valence-electron chi connectivity index (χ2n) is 7.22. The Morgan fingerprint density at radius 3 is 2.19 bits per heavy atom. The summed E-state index contributed by atoms with van der Waals surface area (Å²) >= 11 is 0. The second-order valence-corrected chi connectivity index (χ2v) is 7.22. The Hall–Kier alpha value is -3.73. The average molecular weight is 415 g/mol. The van der Waals surface area contributed by atoms with Crippen LogP contribution < -0.4 is 14.8 Å². The molecular formula is C26H25NO4. The predicted octanol–water partition coefficient (Wildman–Crippen LogP) is 5.26. The average Bonchev–Trinajstić information content (AvgIpc) is 3.14. The molecule has 0 spiro atoms. The molecule has 0 aliphatic heterocycles. The van der Waals surface area contributed by atoms with Crippen molar-refractivity contribution in [3.8, 4) is 22.6 Å². The number of carbonyl (C=O) groups is 1. The molecule has 0 saturated carbocycles. The molecule has 0 fully saturated rings. The van der Waals surface area contributed by atoms with Crippen LogP contribution in [0.4, 0.5) is 4.79 Å². The summed E-state index contributed by atoms with van der Waals surface area (Å²) in [6.07, 6.45) is 3.34. The number of carbonyl (C=O) groups excluding carboxylic acids is 1. The van der Waals surface area contributed by atoms with Crippen molar-refractivity contribution in [1.29, 1.82) is 0 Å². The Bertz CT molecular complexity index is 1060. The first-order valence-electron chi connectivity index (χ1n) is 10.2. The lowest BCUT2D eigenvalue weighted by atomic mass is 9.98. The molecule has 0 radical (unpaired) electrons. The molecule has 1 aliphatic rings. The van der Waals surface area contributed by atoms with Crippen molar-refractivity contribution in [2.75, 3.05) is 27.4 Å². The zero-order valence-electron chi connectivity index (χ0n) is 17.6. The smallest absolute Gasteiger partial charge is 0.407 e. The summed E-state index contributed by atoms with van der Waals surface area (Å²) in [7, 11) is 3.20. The quantitative estimate of drug-likeness (QED) is 0.572. The van der Waals surface area contributed by atoms with Gasteiger partial charge in [0.05, 0.1) is 14.2 Å². The van der Waals surface area contributed by atoms with Crippen molar-refractivity contribution >= 4 is 12.2 Å². The van der Waals surface area contributed by atoms with Crippen LogP contribution in [0.2, 0.25) is 0 Å². The molecule has 1 aliphatic carbocycles. The van der Waals surface area contributed by atoms with Gasteiger partial charge in [-0.2, -0.15) is 0 Å². The fourth-order valence-electron chi connectivity index (χ4n) is 3.94. The molecule has 5 nitrogen and oxygen atoms in total. The van der Waals surface area contributed by atoms with Crippen molar-refractivity contribution in [3.05, 3.63) is 89.5 Å². The van der Waals surface area contributed by atoms with Gasteiger partial charge in [-0.1, -0.05) is 66.7 Å². The van der Waals surface area contributed by atoms with Crippen molar-refractivity contribution in [2.45, 2.75) is 5.92 Å². The van der Waals surface area contributed by atoms with Gasteiger partial charge in [0.2, 0.25) is 0 Å². The Morgan fingerprint density at radius 1 is 0.903 bits per heavy atom. The Labute approximate surface area is 182 Å². The first-order chi connectivity index (χ1) is 15.2. The van der Waals surface area contributed by atoms with Gasteiger partial charge < -0.3 is 19.5 Å². The highest BCUT2D eigenvalue weighted by Crippen LogP contribution is 2.44. The monoisotopic (exact) mass is 415 g/mol. The van der Waals surface area contributed by atoms with E-state index in [-0.39, 0.29) is 5.92 Å². The van der Waals surface area contributed by atoms with Gasteiger partial charge in [0.1, 0.15) is 6.61 Å². The van der Waals surface area contributed by atoms with E-state index in [0.29, 0.717) is 24.7 Å². The van der Waals surface area contributed by atoms with Crippen molar-refractivity contribution in [2.24, 2.45) is 0 Å². The van der Waals surface area contributed by atoms with Crippen LogP contribution in [0.5, 0.6) is 11.5 Å². The van der Waals surface area contributed by atoms with Gasteiger partial charge in [-0.3, -0.25) is 0 Å². The number of amides is 1. The highest BCUT2D eigenvalue weighted by molar-refractivity contribution is 5.79. The van der Waals surface area contributed by atoms with Gasteiger partial charge >= 0.3 is 6.09 Å². The lowest BCUT2D eigenvalue weighted by Gasteiger charge is -2.14. The summed E-state index contributed by atoms with van der Waals surface area (Å²) in [6.45, 7) is 0.671. The van der Waals surface area contributed by atoms with Crippen LogP contribution in [0.1, 0.15) is 22.6 Å². The molecule has 158 valence electrons. The maximum Gasteiger partial charge on any atom is 0.407 e. The van der Waals surface area contributed by atoms with Crippen LogP contribution in [0.15, 0.2) is 72.8 Å². The molecular weight excluding hydrogens is 390 g/mol. The molecule has 0 aromatic heterocycles. The van der Waals surface area contributed by atoms with Gasteiger partial charge in [-0.25, -0.2) is 4.79 Å². The van der Waals surface area contributed by atoms with Crippen LogP contribution >= 0.6 is 0 Å². The summed E-state index contributed by atoms with van der Waals surface area (Å²) in [4.78, 5) is 12.2. The normalized spacial score (nSPS) is 12.3. The highest BCUT2D eigenvalue weighted by Gasteiger charge is 2.28. The van der Waals surface area contributed by atoms with Crippen LogP contribution in [0, 0.1) is 0 Å². The Balaban J connectivity index is 1.32. The van der Waals surface area contributed by atoms with E-state index < -0.39 is 6.09 Å². The lowest BCUT2D eigenvalue weighted by molar-refractivity contribution is 0.144. The van der Waals surface area contributed by atoms with E-state index in [1.165, 1.54) is 22.3 Å². The molecule has 0 saturated heterocycles. The maximum absolute atomic E-state index is 12.2. The van der Waals surface area contributed by atoms with Gasteiger partial charge in [-0.05, 0) is 39.9 Å². The first-order valence-corrected chi connectivity index (χ1v) is 10.2. The molecule has 5 heteroatoms. The van der Waals surface area contributed by atoms with Crippen LogP contribution in [0.25, 0.3) is 17.2 Å². The lowest BCUT2D eigenvalue weighted by Crippen LogP contribution is -2.26. The SMILES string of the molecule is COc1ccc(C=CCNC(=O)OCC2c3ccccc3-c3ccccc32)cc1OC. The zero-order valence-corrected chi connectivity index (χ0v) is 17.6. The van der Waals surface area contributed by atoms with Crippen molar-refractivity contribution in [3.63, 3.8) is 0 Å². The largest absolute Gasteiger partial charge is 0.493 e. The second kappa shape index (κ2) is 9.39. The maximum atomic E-state index is 12.2. The fourth-order valence-corrected chi connectivity index (χ4v) is 3.94. The molecule has 31 heavy (non-hydrogen) atoms. The predicted molar refractivity (Wildman–Crippen MR) is 122 cm³/mol. The minimum absolute atomic E-state index is 0.0560. The molecule has 4 rings (SSSR count). The summed E-state index contributed by atoms with van der Waals surface area (Å²) in [5.74, 6) is 1.39. The van der Waals surface area contributed by atoms with E-state index in [9.17, 15) is 4.79 Å². The number of nitrogens with one attached hydrogen (secondary N) is 1. The topological polar surface area (TPSA) is 56.8 Å². The van der Waals surface area contributed by atoms with E-state index in [0.717, 1.165) is 5.56 Å². The Morgan fingerprint density at radius 2 is 1.55 bits per heavy atom. The molecule has 0 heterocycles. The van der Waals surface area contributed by atoms with Gasteiger partial charge in [0.15, 0.2) is 11.5 Å². The third kappa shape index (κ3) is 4.40. The standard InChI is InChI=1S/C26H25NO4/c1-29-24-14-13-18(16-25(24)30-2)8-7-15-27-26(28)31-17-23-21-11-5-3-9-19(21)20-10-4-6-12-22(20)23/h3-14,16,23H,15,17H2,1-2H3,(H,27,28). The third-order valence-corrected chi connectivity index (χ3v) is 5.43. The molecule has 0 unspecified atom stereocenters. The summed E-state index contributed by atoms with van der Waals surface area (Å²) in [6, 6.07) is 22.2. The number of ether oxygens (including phenoxy) is 3. The van der Waals surface area contributed by atoms with Crippen LogP contribution in [-0.2, 0) is 4.74 Å². The van der Waals surface area contributed by atoms with Crippen molar-refractivity contribution < 1.29 is 19.0 Å². The molecule has 3 aromatic carbocycles. The zero-order chi connectivity index (χ0) is 21.6. The number of fused-ring (bicyclic) bond motifs is 3. The Kier molecular flexibility index (Phi) is 6.22. The third-order valence-electron chi connectivity index (χ3n) is 5.43. The minimum atomic E-state index is -0.432. The highest BCUT2D eigenvalue weighted by atomic mass is 16.5. The molecule has 1 amide bonds. The van der Waals surface area contributed by atoms with E-state index >= 15 is 0 Å². The number of rotatable bonds is 7. The number of alkyl carbamates (subject to hydrolysis) is 1. The molecule has 3 aromatic rings. The van der Waals surface area contributed by atoms with E-state index in [2.05, 4.69) is 29.6 Å².